The Hall–Kier alpha value is -2.78. The van der Waals surface area contributed by atoms with Crippen LogP contribution in [0.15, 0.2) is 41.3 Å². The molecule has 0 unspecified atom stereocenters. The van der Waals surface area contributed by atoms with Gasteiger partial charge < -0.3 is 10.4 Å². The van der Waals surface area contributed by atoms with E-state index in [-0.39, 0.29) is 28.5 Å². The van der Waals surface area contributed by atoms with Crippen LogP contribution >= 0.6 is 11.8 Å². The number of carbonyl (C=O) groups excluding carboxylic acids is 2. The highest BCUT2D eigenvalue weighted by atomic mass is 35.5. The number of hydrogen-bond donors (Lipinski definition) is 4. The van der Waals surface area contributed by atoms with Crippen LogP contribution in [0.25, 0.3) is 0 Å². The van der Waals surface area contributed by atoms with Crippen molar-refractivity contribution < 1.29 is 23.1 Å². The molecule has 1 aliphatic heterocycles. The van der Waals surface area contributed by atoms with Gasteiger partial charge in [0.1, 0.15) is 5.75 Å². The number of fused-ring (bicyclic) bond motifs is 1. The monoisotopic (exact) mass is 381 g/mol. The van der Waals surface area contributed by atoms with Crippen LogP contribution < -0.4 is 14.9 Å². The van der Waals surface area contributed by atoms with Gasteiger partial charge in [-0.2, -0.15) is 0 Å². The first kappa shape index (κ1) is 17.1. The quantitative estimate of drug-likeness (QED) is 0.598. The van der Waals surface area contributed by atoms with Crippen molar-refractivity contribution >= 4 is 45.0 Å². The Morgan fingerprint density at radius 1 is 1.20 bits per heavy atom. The summed E-state index contributed by atoms with van der Waals surface area (Å²) in [7, 11) is -4.02. The van der Waals surface area contributed by atoms with E-state index in [4.69, 9.17) is 11.8 Å². The zero-order valence-electron chi connectivity index (χ0n) is 12.5. The Morgan fingerprint density at radius 2 is 1.96 bits per heavy atom. The van der Waals surface area contributed by atoms with Crippen LogP contribution in [-0.4, -0.2) is 25.3 Å². The Kier molecular flexibility index (Phi) is 4.27. The van der Waals surface area contributed by atoms with Crippen molar-refractivity contribution in [2.24, 2.45) is 0 Å². The Morgan fingerprint density at radius 3 is 2.68 bits per heavy atom. The van der Waals surface area contributed by atoms with Crippen LogP contribution in [0.1, 0.15) is 15.9 Å². The molecule has 8 nitrogen and oxygen atoms in total. The third-order valence-electron chi connectivity index (χ3n) is 3.60. The summed E-state index contributed by atoms with van der Waals surface area (Å²) in [6.07, 6.45) is 0.247. The van der Waals surface area contributed by atoms with E-state index in [1.165, 1.54) is 12.1 Å². The van der Waals surface area contributed by atoms with Crippen molar-refractivity contribution in [3.8, 4) is 5.75 Å². The molecule has 2 aromatic rings. The number of rotatable bonds is 4. The first-order valence-electron chi connectivity index (χ1n) is 7.00. The third kappa shape index (κ3) is 3.37. The second kappa shape index (κ2) is 6.26. The van der Waals surface area contributed by atoms with Gasteiger partial charge in [0, 0.05) is 17.5 Å². The SMILES string of the molecule is O=C1Cc2ccc(NS(=O)(=O)c3ccc(O)c(C(=O)NCl)c3)cc2N1. The highest BCUT2D eigenvalue weighted by Gasteiger charge is 2.21. The second-order valence-electron chi connectivity index (χ2n) is 5.30. The maximum atomic E-state index is 12.5. The van der Waals surface area contributed by atoms with E-state index in [2.05, 4.69) is 10.0 Å². The lowest BCUT2D eigenvalue weighted by atomic mass is 10.1. The fraction of sp³-hybridized carbons (Fsp3) is 0.0667. The van der Waals surface area contributed by atoms with E-state index in [1.54, 1.807) is 10.9 Å². The van der Waals surface area contributed by atoms with E-state index in [1.807, 2.05) is 0 Å². The second-order valence-corrected chi connectivity index (χ2v) is 7.18. The maximum Gasteiger partial charge on any atom is 0.269 e. The summed E-state index contributed by atoms with van der Waals surface area (Å²) in [5.74, 6) is -1.40. The van der Waals surface area contributed by atoms with Crippen LogP contribution in [0.5, 0.6) is 5.75 Å². The normalized spacial score (nSPS) is 13.1. The van der Waals surface area contributed by atoms with Gasteiger partial charge in [-0.05, 0) is 35.9 Å². The lowest BCUT2D eigenvalue weighted by molar-refractivity contribution is -0.115. The number of aromatic hydroxyl groups is 1. The fourth-order valence-electron chi connectivity index (χ4n) is 2.41. The number of amides is 2. The molecule has 0 saturated heterocycles. The van der Waals surface area contributed by atoms with Crippen molar-refractivity contribution in [3.05, 3.63) is 47.5 Å². The topological polar surface area (TPSA) is 125 Å². The predicted molar refractivity (Wildman–Crippen MR) is 91.0 cm³/mol. The highest BCUT2D eigenvalue weighted by Crippen LogP contribution is 2.28. The molecule has 0 aliphatic carbocycles. The number of phenolic OH excluding ortho intramolecular Hbond substituents is 1. The molecule has 0 radical (unpaired) electrons. The van der Waals surface area contributed by atoms with Gasteiger partial charge in [-0.25, -0.2) is 8.42 Å². The number of anilines is 2. The summed E-state index contributed by atoms with van der Waals surface area (Å²) in [4.78, 5) is 24.5. The number of sulfonamides is 1. The molecule has 1 heterocycles. The molecule has 0 saturated carbocycles. The van der Waals surface area contributed by atoms with Gasteiger partial charge in [0.05, 0.1) is 22.6 Å². The standard InChI is InChI=1S/C15H12ClN3O5S/c16-18-15(22)11-7-10(3-4-13(11)20)25(23,24)19-9-2-1-8-5-14(21)17-12(8)6-9/h1-4,6-7,19-20H,5H2,(H,17,21)(H,18,22). The molecule has 1 aliphatic rings. The van der Waals surface area contributed by atoms with Gasteiger partial charge in [-0.15, -0.1) is 0 Å². The van der Waals surface area contributed by atoms with Crippen molar-refractivity contribution in [2.75, 3.05) is 10.0 Å². The minimum Gasteiger partial charge on any atom is -0.507 e. The average Bonchev–Trinajstić information content (AvgIpc) is 2.93. The summed E-state index contributed by atoms with van der Waals surface area (Å²) < 4.78 is 27.3. The Bertz CT molecular complexity index is 991. The van der Waals surface area contributed by atoms with Crippen LogP contribution in [-0.2, 0) is 21.2 Å². The van der Waals surface area contributed by atoms with Gasteiger partial charge in [0.15, 0.2) is 0 Å². The molecule has 130 valence electrons. The lowest BCUT2D eigenvalue weighted by Crippen LogP contribution is -2.16. The van der Waals surface area contributed by atoms with Gasteiger partial charge in [-0.3, -0.25) is 19.1 Å². The van der Waals surface area contributed by atoms with E-state index >= 15 is 0 Å². The molecule has 2 amide bonds. The number of benzene rings is 2. The molecule has 0 aromatic heterocycles. The van der Waals surface area contributed by atoms with Crippen LogP contribution in [0, 0.1) is 0 Å². The maximum absolute atomic E-state index is 12.5. The minimum absolute atomic E-state index is 0.162. The third-order valence-corrected chi connectivity index (χ3v) is 5.15. The van der Waals surface area contributed by atoms with Crippen LogP contribution in [0.3, 0.4) is 0 Å². The first-order chi connectivity index (χ1) is 11.8. The molecule has 10 heteroatoms. The molecule has 4 N–H and O–H groups in total. The average molecular weight is 382 g/mol. The molecule has 25 heavy (non-hydrogen) atoms. The number of halogens is 1. The zero-order chi connectivity index (χ0) is 18.2. The summed E-state index contributed by atoms with van der Waals surface area (Å²) >= 11 is 5.21. The number of hydrogen-bond acceptors (Lipinski definition) is 5. The summed E-state index contributed by atoms with van der Waals surface area (Å²) in [6.45, 7) is 0. The molecule has 0 spiro atoms. The number of carbonyl (C=O) groups is 2. The predicted octanol–water partition coefficient (Wildman–Crippen LogP) is 1.57. The smallest absolute Gasteiger partial charge is 0.269 e. The van der Waals surface area contributed by atoms with Crippen LogP contribution in [0.2, 0.25) is 0 Å². The first-order valence-corrected chi connectivity index (χ1v) is 8.86. The van der Waals surface area contributed by atoms with E-state index in [0.29, 0.717) is 5.69 Å². The van der Waals surface area contributed by atoms with Gasteiger partial charge >= 0.3 is 0 Å². The number of phenols is 1. The van der Waals surface area contributed by atoms with Crippen molar-refractivity contribution in [2.45, 2.75) is 11.3 Å². The molecule has 0 fully saturated rings. The van der Waals surface area contributed by atoms with E-state index in [0.717, 1.165) is 23.8 Å². The molecule has 2 aromatic carbocycles. The zero-order valence-corrected chi connectivity index (χ0v) is 14.1. The fourth-order valence-corrected chi connectivity index (χ4v) is 3.58. The molecule has 0 bridgehead atoms. The number of nitrogens with one attached hydrogen (secondary N) is 3. The van der Waals surface area contributed by atoms with Crippen molar-refractivity contribution in [1.29, 1.82) is 0 Å². The highest BCUT2D eigenvalue weighted by molar-refractivity contribution is 7.92. The van der Waals surface area contributed by atoms with Crippen LogP contribution in [0.4, 0.5) is 11.4 Å². The Balaban J connectivity index is 1.92. The van der Waals surface area contributed by atoms with Crippen molar-refractivity contribution in [1.82, 2.24) is 4.84 Å². The molecular weight excluding hydrogens is 370 g/mol. The lowest BCUT2D eigenvalue weighted by Gasteiger charge is -2.11. The molecular formula is C15H12ClN3O5S. The Labute approximate surface area is 148 Å². The van der Waals surface area contributed by atoms with E-state index in [9.17, 15) is 23.1 Å². The summed E-state index contributed by atoms with van der Waals surface area (Å²) in [5, 5.41) is 12.3. The largest absolute Gasteiger partial charge is 0.507 e. The summed E-state index contributed by atoms with van der Waals surface area (Å²) in [5.41, 5.74) is 1.29. The summed E-state index contributed by atoms with van der Waals surface area (Å²) in [6, 6.07) is 7.92. The van der Waals surface area contributed by atoms with E-state index < -0.39 is 21.7 Å². The molecule has 0 atom stereocenters. The van der Waals surface area contributed by atoms with Gasteiger partial charge in [-0.1, -0.05) is 6.07 Å². The molecule has 3 rings (SSSR count). The minimum atomic E-state index is -4.02. The van der Waals surface area contributed by atoms with Gasteiger partial charge in [0.25, 0.3) is 15.9 Å². The van der Waals surface area contributed by atoms with Gasteiger partial charge in [0.2, 0.25) is 5.91 Å². The van der Waals surface area contributed by atoms with Crippen molar-refractivity contribution in [3.63, 3.8) is 0 Å².